The Bertz CT molecular complexity index is 958. The van der Waals surface area contributed by atoms with Gasteiger partial charge in [0.1, 0.15) is 5.75 Å². The lowest BCUT2D eigenvalue weighted by molar-refractivity contribution is -0.121. The molecule has 0 fully saturated rings. The molecule has 1 aromatic heterocycles. The Balaban J connectivity index is 1.48. The maximum absolute atomic E-state index is 12.5. The van der Waals surface area contributed by atoms with Crippen molar-refractivity contribution in [2.75, 3.05) is 7.11 Å². The Kier molecular flexibility index (Phi) is 4.41. The van der Waals surface area contributed by atoms with E-state index >= 15 is 0 Å². The van der Waals surface area contributed by atoms with Crippen molar-refractivity contribution < 1.29 is 9.53 Å². The molecule has 1 aliphatic carbocycles. The molecule has 0 radical (unpaired) electrons. The van der Waals surface area contributed by atoms with Gasteiger partial charge in [-0.3, -0.25) is 4.79 Å². The number of hydrogen-bond donors (Lipinski definition) is 2. The van der Waals surface area contributed by atoms with Crippen LogP contribution in [0.4, 0.5) is 0 Å². The highest BCUT2D eigenvalue weighted by molar-refractivity contribution is 5.86. The van der Waals surface area contributed by atoms with E-state index in [1.54, 1.807) is 7.11 Å². The molecule has 134 valence electrons. The Morgan fingerprint density at radius 2 is 2.15 bits per heavy atom. The third-order valence-electron chi connectivity index (χ3n) is 5.21. The number of ether oxygens (including phenoxy) is 1. The summed E-state index contributed by atoms with van der Waals surface area (Å²) < 4.78 is 5.37. The molecule has 1 amide bonds. The Labute approximate surface area is 153 Å². The van der Waals surface area contributed by atoms with Crippen LogP contribution >= 0.6 is 0 Å². The molecule has 0 bridgehead atoms. The van der Waals surface area contributed by atoms with E-state index in [0.717, 1.165) is 36.1 Å². The van der Waals surface area contributed by atoms with Gasteiger partial charge in [-0.25, -0.2) is 0 Å². The second kappa shape index (κ2) is 6.87. The Morgan fingerprint density at radius 1 is 1.27 bits per heavy atom. The lowest BCUT2D eigenvalue weighted by Crippen LogP contribution is -2.39. The molecule has 1 heterocycles. The van der Waals surface area contributed by atoms with Crippen LogP contribution in [-0.2, 0) is 24.1 Å². The molecule has 1 aliphatic rings. The van der Waals surface area contributed by atoms with Crippen LogP contribution in [0.25, 0.3) is 10.9 Å². The summed E-state index contributed by atoms with van der Waals surface area (Å²) in [5, 5.41) is 4.43. The van der Waals surface area contributed by atoms with Gasteiger partial charge in [0.25, 0.3) is 0 Å². The molecular weight excluding hydrogens is 324 g/mol. The van der Waals surface area contributed by atoms with Crippen LogP contribution in [0.15, 0.2) is 42.5 Å². The predicted molar refractivity (Wildman–Crippen MR) is 104 cm³/mol. The van der Waals surface area contributed by atoms with Crippen LogP contribution in [-0.4, -0.2) is 24.0 Å². The van der Waals surface area contributed by atoms with Gasteiger partial charge in [0.05, 0.1) is 13.5 Å². The second-order valence-electron chi connectivity index (χ2n) is 7.17. The second-order valence-corrected chi connectivity index (χ2v) is 7.17. The minimum Gasteiger partial charge on any atom is -0.497 e. The van der Waals surface area contributed by atoms with E-state index < -0.39 is 0 Å². The number of aryl methyl sites for hydroxylation is 2. The largest absolute Gasteiger partial charge is 0.497 e. The van der Waals surface area contributed by atoms with E-state index in [4.69, 9.17) is 4.74 Å². The number of nitrogens with one attached hydrogen (secondary N) is 2. The summed E-state index contributed by atoms with van der Waals surface area (Å²) in [6.07, 6.45) is 3.23. The van der Waals surface area contributed by atoms with Gasteiger partial charge >= 0.3 is 0 Å². The molecular formula is C22H24N2O2. The first-order valence-corrected chi connectivity index (χ1v) is 9.15. The zero-order chi connectivity index (χ0) is 18.1. The minimum absolute atomic E-state index is 0.0986. The van der Waals surface area contributed by atoms with E-state index in [2.05, 4.69) is 41.5 Å². The molecule has 26 heavy (non-hydrogen) atoms. The highest BCUT2D eigenvalue weighted by Crippen LogP contribution is 2.31. The molecule has 0 saturated heterocycles. The molecule has 2 N–H and O–H groups in total. The average molecular weight is 348 g/mol. The topological polar surface area (TPSA) is 54.1 Å². The molecule has 0 aliphatic heterocycles. The number of methoxy groups -OCH3 is 1. The summed E-state index contributed by atoms with van der Waals surface area (Å²) in [6.45, 7) is 2.05. The van der Waals surface area contributed by atoms with Gasteiger partial charge in [0, 0.05) is 22.6 Å². The molecule has 4 heteroatoms. The standard InChI is InChI=1S/C22H24N2O2/c1-14-4-3-5-15(10-14)11-22(25)23-16-6-8-20-18(12-16)19-13-17(26-2)7-9-21(19)24-20/h3-5,7,9-10,13,16,24H,6,8,11-12H2,1-2H3,(H,23,25). The van der Waals surface area contributed by atoms with Gasteiger partial charge in [0.2, 0.25) is 5.91 Å². The Hall–Kier alpha value is -2.75. The maximum atomic E-state index is 12.5. The number of rotatable bonds is 4. The van der Waals surface area contributed by atoms with Crippen molar-refractivity contribution in [1.29, 1.82) is 0 Å². The van der Waals surface area contributed by atoms with E-state index in [1.165, 1.54) is 22.2 Å². The smallest absolute Gasteiger partial charge is 0.224 e. The first-order valence-electron chi connectivity index (χ1n) is 9.15. The van der Waals surface area contributed by atoms with E-state index in [-0.39, 0.29) is 11.9 Å². The summed E-state index contributed by atoms with van der Waals surface area (Å²) in [4.78, 5) is 16.0. The van der Waals surface area contributed by atoms with Crippen molar-refractivity contribution >= 4 is 16.8 Å². The predicted octanol–water partition coefficient (Wildman–Crippen LogP) is 3.70. The summed E-state index contributed by atoms with van der Waals surface area (Å²) in [5.41, 5.74) is 5.99. The number of H-pyrrole nitrogens is 1. The fourth-order valence-electron chi connectivity index (χ4n) is 3.93. The fraction of sp³-hybridized carbons (Fsp3) is 0.318. The molecule has 1 atom stereocenters. The minimum atomic E-state index is 0.0986. The van der Waals surface area contributed by atoms with E-state index in [0.29, 0.717) is 6.42 Å². The summed E-state index contributed by atoms with van der Waals surface area (Å²) in [5.74, 6) is 0.964. The van der Waals surface area contributed by atoms with Crippen molar-refractivity contribution in [3.63, 3.8) is 0 Å². The number of aromatic nitrogens is 1. The molecule has 2 aromatic carbocycles. The zero-order valence-electron chi connectivity index (χ0n) is 15.3. The highest BCUT2D eigenvalue weighted by Gasteiger charge is 2.24. The SMILES string of the molecule is COc1ccc2[nH]c3c(c2c1)CC(NC(=O)Cc1cccc(C)c1)CC3. The van der Waals surface area contributed by atoms with Crippen LogP contribution in [0.3, 0.4) is 0 Å². The molecule has 4 rings (SSSR count). The van der Waals surface area contributed by atoms with Crippen molar-refractivity contribution in [3.8, 4) is 5.75 Å². The quantitative estimate of drug-likeness (QED) is 0.755. The maximum Gasteiger partial charge on any atom is 0.224 e. The van der Waals surface area contributed by atoms with Gasteiger partial charge in [-0.2, -0.15) is 0 Å². The van der Waals surface area contributed by atoms with Crippen LogP contribution in [0.1, 0.15) is 28.8 Å². The summed E-state index contributed by atoms with van der Waals surface area (Å²) in [7, 11) is 1.69. The number of carbonyl (C=O) groups is 1. The van der Waals surface area contributed by atoms with Gasteiger partial charge < -0.3 is 15.0 Å². The third kappa shape index (κ3) is 3.32. The highest BCUT2D eigenvalue weighted by atomic mass is 16.5. The average Bonchev–Trinajstić information content (AvgIpc) is 2.98. The van der Waals surface area contributed by atoms with Crippen LogP contribution < -0.4 is 10.1 Å². The molecule has 4 nitrogen and oxygen atoms in total. The van der Waals surface area contributed by atoms with Crippen LogP contribution in [0.2, 0.25) is 0 Å². The van der Waals surface area contributed by atoms with E-state index in [9.17, 15) is 4.79 Å². The monoisotopic (exact) mass is 348 g/mol. The van der Waals surface area contributed by atoms with Gasteiger partial charge in [-0.15, -0.1) is 0 Å². The Morgan fingerprint density at radius 3 is 2.96 bits per heavy atom. The first-order chi connectivity index (χ1) is 12.6. The number of carbonyl (C=O) groups excluding carboxylic acids is 1. The fourth-order valence-corrected chi connectivity index (χ4v) is 3.93. The number of benzene rings is 2. The molecule has 0 spiro atoms. The van der Waals surface area contributed by atoms with Gasteiger partial charge in [0.15, 0.2) is 0 Å². The number of aromatic amines is 1. The van der Waals surface area contributed by atoms with Crippen LogP contribution in [0.5, 0.6) is 5.75 Å². The number of amides is 1. The van der Waals surface area contributed by atoms with E-state index in [1.807, 2.05) is 18.2 Å². The third-order valence-corrected chi connectivity index (χ3v) is 5.21. The van der Waals surface area contributed by atoms with Gasteiger partial charge in [-0.1, -0.05) is 29.8 Å². The van der Waals surface area contributed by atoms with Crippen molar-refractivity contribution in [2.24, 2.45) is 0 Å². The van der Waals surface area contributed by atoms with Crippen molar-refractivity contribution in [1.82, 2.24) is 10.3 Å². The first kappa shape index (κ1) is 16.7. The van der Waals surface area contributed by atoms with Crippen LogP contribution in [0, 0.1) is 6.92 Å². The lowest BCUT2D eigenvalue weighted by atomic mass is 9.91. The van der Waals surface area contributed by atoms with Gasteiger partial charge in [-0.05, 0) is 55.5 Å². The van der Waals surface area contributed by atoms with Crippen molar-refractivity contribution in [3.05, 3.63) is 64.8 Å². The molecule has 0 saturated carbocycles. The number of fused-ring (bicyclic) bond motifs is 3. The summed E-state index contributed by atoms with van der Waals surface area (Å²) >= 11 is 0. The summed E-state index contributed by atoms with van der Waals surface area (Å²) in [6, 6.07) is 14.5. The lowest BCUT2D eigenvalue weighted by Gasteiger charge is -2.23. The molecule has 1 unspecified atom stereocenters. The van der Waals surface area contributed by atoms with Crippen molar-refractivity contribution in [2.45, 2.75) is 38.6 Å². The molecule has 3 aromatic rings. The number of hydrogen-bond acceptors (Lipinski definition) is 2. The normalized spacial score (nSPS) is 16.3. The zero-order valence-corrected chi connectivity index (χ0v) is 15.3.